The first-order valence-corrected chi connectivity index (χ1v) is 7.62. The number of thioether (sulfide) groups is 1. The summed E-state index contributed by atoms with van der Waals surface area (Å²) < 4.78 is 18.4. The third-order valence-electron chi connectivity index (χ3n) is 2.47. The van der Waals surface area contributed by atoms with Crippen LogP contribution in [0.1, 0.15) is 5.89 Å². The molecule has 0 unspecified atom stereocenters. The van der Waals surface area contributed by atoms with Gasteiger partial charge in [0.1, 0.15) is 5.82 Å². The van der Waals surface area contributed by atoms with Crippen molar-refractivity contribution >= 4 is 28.8 Å². The summed E-state index contributed by atoms with van der Waals surface area (Å²) >= 11 is 2.95. The van der Waals surface area contributed by atoms with E-state index in [1.165, 1.54) is 23.9 Å². The second kappa shape index (κ2) is 5.64. The van der Waals surface area contributed by atoms with Gasteiger partial charge >= 0.3 is 0 Å². The van der Waals surface area contributed by atoms with Crippen LogP contribution in [0.15, 0.2) is 45.1 Å². The van der Waals surface area contributed by atoms with Crippen LogP contribution < -0.4 is 5.73 Å². The molecule has 3 rings (SSSR count). The van der Waals surface area contributed by atoms with E-state index in [1.54, 1.807) is 17.4 Å². The summed E-state index contributed by atoms with van der Waals surface area (Å²) in [4.78, 5) is 5.99. The number of nitrogens with two attached hydrogens (primary N) is 1. The molecule has 102 valence electrons. The summed E-state index contributed by atoms with van der Waals surface area (Å²) in [5.41, 5.74) is 5.99. The minimum atomic E-state index is -0.350. The molecule has 0 radical (unpaired) electrons. The van der Waals surface area contributed by atoms with Crippen LogP contribution in [0.5, 0.6) is 0 Å². The van der Waals surface area contributed by atoms with Crippen molar-refractivity contribution in [1.82, 2.24) is 10.1 Å². The fourth-order valence-electron chi connectivity index (χ4n) is 1.63. The third kappa shape index (κ3) is 3.00. The average molecular weight is 307 g/mol. The van der Waals surface area contributed by atoms with Gasteiger partial charge in [-0.2, -0.15) is 4.98 Å². The lowest BCUT2D eigenvalue weighted by Crippen LogP contribution is -1.88. The molecule has 0 bridgehead atoms. The predicted octanol–water partition coefficient (Wildman–Crippen LogP) is 3.81. The maximum absolute atomic E-state index is 13.2. The summed E-state index contributed by atoms with van der Waals surface area (Å²) in [6.45, 7) is 0. The molecule has 2 heterocycles. The molecular formula is C13H10FN3OS2. The number of aromatic nitrogens is 2. The first kappa shape index (κ1) is 13.1. The molecule has 3 aromatic rings. The average Bonchev–Trinajstić information content (AvgIpc) is 3.06. The van der Waals surface area contributed by atoms with Crippen molar-refractivity contribution in [2.45, 2.75) is 10.6 Å². The number of benzene rings is 1. The lowest BCUT2D eigenvalue weighted by Gasteiger charge is -2.00. The molecule has 0 aliphatic heterocycles. The zero-order chi connectivity index (χ0) is 13.9. The molecule has 0 fully saturated rings. The van der Waals surface area contributed by atoms with Gasteiger partial charge in [-0.1, -0.05) is 11.2 Å². The number of nitrogens with zero attached hydrogens (tertiary/aromatic N) is 2. The Hall–Kier alpha value is -1.86. The standard InChI is InChI=1S/C13H10FN3OS2/c14-8-4-9(15)6-10(5-8)20-7-12-16-13(17-18-12)11-2-1-3-19-11/h1-6H,7,15H2. The third-order valence-corrected chi connectivity index (χ3v) is 4.29. The summed E-state index contributed by atoms with van der Waals surface area (Å²) in [6.07, 6.45) is 0. The van der Waals surface area contributed by atoms with Crippen molar-refractivity contribution in [3.63, 3.8) is 0 Å². The summed E-state index contributed by atoms with van der Waals surface area (Å²) in [5.74, 6) is 1.20. The van der Waals surface area contributed by atoms with E-state index >= 15 is 0 Å². The van der Waals surface area contributed by atoms with Gasteiger partial charge < -0.3 is 10.3 Å². The molecule has 0 amide bonds. The molecule has 0 atom stereocenters. The minimum Gasteiger partial charge on any atom is -0.399 e. The van der Waals surface area contributed by atoms with Gasteiger partial charge in [0.15, 0.2) is 0 Å². The summed E-state index contributed by atoms with van der Waals surface area (Å²) in [7, 11) is 0. The van der Waals surface area contributed by atoms with Gasteiger partial charge in [0.05, 0.1) is 10.6 Å². The smallest absolute Gasteiger partial charge is 0.237 e. The molecule has 0 saturated carbocycles. The Labute approximate surface area is 122 Å². The Morgan fingerprint density at radius 2 is 2.25 bits per heavy atom. The van der Waals surface area contributed by atoms with Crippen LogP contribution in [0.2, 0.25) is 0 Å². The molecule has 0 aliphatic carbocycles. The number of hydrogen-bond donors (Lipinski definition) is 1. The van der Waals surface area contributed by atoms with E-state index in [4.69, 9.17) is 10.3 Å². The van der Waals surface area contributed by atoms with Crippen molar-refractivity contribution < 1.29 is 8.91 Å². The fraction of sp³-hybridized carbons (Fsp3) is 0.0769. The van der Waals surface area contributed by atoms with Crippen LogP contribution in [-0.2, 0) is 5.75 Å². The van der Waals surface area contributed by atoms with E-state index < -0.39 is 0 Å². The van der Waals surface area contributed by atoms with Crippen LogP contribution in [0, 0.1) is 5.82 Å². The molecule has 20 heavy (non-hydrogen) atoms. The first-order chi connectivity index (χ1) is 9.70. The lowest BCUT2D eigenvalue weighted by molar-refractivity contribution is 0.392. The SMILES string of the molecule is Nc1cc(F)cc(SCc2nc(-c3cccs3)no2)c1. The van der Waals surface area contributed by atoms with E-state index in [-0.39, 0.29) is 5.82 Å². The number of rotatable bonds is 4. The Morgan fingerprint density at radius 1 is 1.35 bits per heavy atom. The molecule has 0 saturated heterocycles. The zero-order valence-electron chi connectivity index (χ0n) is 10.2. The number of halogens is 1. The number of nitrogen functional groups attached to an aromatic ring is 1. The molecule has 0 spiro atoms. The first-order valence-electron chi connectivity index (χ1n) is 5.76. The summed E-state index contributed by atoms with van der Waals surface area (Å²) in [5, 5.41) is 5.87. The van der Waals surface area contributed by atoms with Crippen molar-refractivity contribution in [3.05, 3.63) is 47.4 Å². The van der Waals surface area contributed by atoms with Gasteiger partial charge in [-0.05, 0) is 29.6 Å². The van der Waals surface area contributed by atoms with Crippen molar-refractivity contribution in [2.75, 3.05) is 5.73 Å². The summed E-state index contributed by atoms with van der Waals surface area (Å²) in [6, 6.07) is 8.29. The number of thiophene rings is 1. The Balaban J connectivity index is 1.69. The number of hydrogen-bond acceptors (Lipinski definition) is 6. The van der Waals surface area contributed by atoms with Crippen molar-refractivity contribution in [2.24, 2.45) is 0 Å². The van der Waals surface area contributed by atoms with Crippen LogP contribution in [-0.4, -0.2) is 10.1 Å². The molecule has 0 aliphatic rings. The molecule has 2 aromatic heterocycles. The highest BCUT2D eigenvalue weighted by molar-refractivity contribution is 7.98. The maximum atomic E-state index is 13.2. The van der Waals surface area contributed by atoms with Gasteiger partial charge in [-0.15, -0.1) is 23.1 Å². The maximum Gasteiger partial charge on any atom is 0.237 e. The highest BCUT2D eigenvalue weighted by Gasteiger charge is 2.10. The molecule has 2 N–H and O–H groups in total. The lowest BCUT2D eigenvalue weighted by atomic mass is 10.3. The van der Waals surface area contributed by atoms with E-state index in [2.05, 4.69) is 10.1 Å². The quantitative estimate of drug-likeness (QED) is 0.586. The monoisotopic (exact) mass is 307 g/mol. The Morgan fingerprint density at radius 3 is 3.00 bits per heavy atom. The van der Waals surface area contributed by atoms with Gasteiger partial charge in [0.2, 0.25) is 11.7 Å². The van der Waals surface area contributed by atoms with Gasteiger partial charge in [-0.25, -0.2) is 4.39 Å². The number of anilines is 1. The van der Waals surface area contributed by atoms with Crippen LogP contribution >= 0.6 is 23.1 Å². The second-order valence-corrected chi connectivity index (χ2v) is 5.99. The molecule has 4 nitrogen and oxygen atoms in total. The van der Waals surface area contributed by atoms with Crippen LogP contribution in [0.4, 0.5) is 10.1 Å². The highest BCUT2D eigenvalue weighted by atomic mass is 32.2. The van der Waals surface area contributed by atoms with E-state index in [0.29, 0.717) is 23.2 Å². The predicted molar refractivity (Wildman–Crippen MR) is 78.0 cm³/mol. The van der Waals surface area contributed by atoms with Gasteiger partial charge in [0, 0.05) is 10.6 Å². The zero-order valence-corrected chi connectivity index (χ0v) is 11.9. The Kier molecular flexibility index (Phi) is 3.70. The molecular weight excluding hydrogens is 297 g/mol. The van der Waals surface area contributed by atoms with Crippen molar-refractivity contribution in [3.8, 4) is 10.7 Å². The molecule has 7 heteroatoms. The Bertz CT molecular complexity index is 692. The van der Waals surface area contributed by atoms with Crippen molar-refractivity contribution in [1.29, 1.82) is 0 Å². The second-order valence-electron chi connectivity index (χ2n) is 4.00. The van der Waals surface area contributed by atoms with E-state index in [0.717, 1.165) is 9.77 Å². The van der Waals surface area contributed by atoms with Gasteiger partial charge in [0.25, 0.3) is 0 Å². The highest BCUT2D eigenvalue weighted by Crippen LogP contribution is 2.27. The van der Waals surface area contributed by atoms with E-state index in [1.807, 2.05) is 17.5 Å². The van der Waals surface area contributed by atoms with E-state index in [9.17, 15) is 4.39 Å². The normalized spacial score (nSPS) is 10.8. The largest absolute Gasteiger partial charge is 0.399 e. The topological polar surface area (TPSA) is 64.9 Å². The fourth-order valence-corrected chi connectivity index (χ4v) is 3.10. The molecule has 1 aromatic carbocycles. The van der Waals surface area contributed by atoms with Gasteiger partial charge in [-0.3, -0.25) is 0 Å². The minimum absolute atomic E-state index is 0.350. The van der Waals surface area contributed by atoms with Crippen LogP contribution in [0.3, 0.4) is 0 Å². The van der Waals surface area contributed by atoms with Crippen LogP contribution in [0.25, 0.3) is 10.7 Å².